The normalized spacial score (nSPS) is 8.67. The summed E-state index contributed by atoms with van der Waals surface area (Å²) in [6, 6.07) is 0. The third-order valence-electron chi connectivity index (χ3n) is 0.866. The van der Waals surface area contributed by atoms with E-state index in [-0.39, 0.29) is 24.6 Å². The van der Waals surface area contributed by atoms with E-state index in [0.29, 0.717) is 0 Å². The van der Waals surface area contributed by atoms with Gasteiger partial charge in [-0.25, -0.2) is 0 Å². The van der Waals surface area contributed by atoms with Crippen LogP contribution in [-0.4, -0.2) is 0 Å². The summed E-state index contributed by atoms with van der Waals surface area (Å²) in [6.45, 7) is 7.03. The summed E-state index contributed by atoms with van der Waals surface area (Å²) in [4.78, 5) is 0. The van der Waals surface area contributed by atoms with Crippen molar-refractivity contribution in [2.45, 2.75) is 28.1 Å². The predicted octanol–water partition coefficient (Wildman–Crippen LogP) is 2.34. The standard InChI is InChI=1S/C3H7.C2H5.Hg/c1-3-2;1-2;/h3H,1-2H3;1H2,2H3;. The zero-order chi connectivity index (χ0) is 4.99. The Hall–Kier alpha value is 0.935. The van der Waals surface area contributed by atoms with E-state index in [2.05, 4.69) is 20.8 Å². The van der Waals surface area contributed by atoms with E-state index in [1.165, 1.54) is 0 Å². The maximum atomic E-state index is 2.35. The van der Waals surface area contributed by atoms with E-state index >= 15 is 0 Å². The van der Waals surface area contributed by atoms with E-state index in [1.807, 2.05) is 0 Å². The number of rotatable bonds is 2. The molecule has 0 nitrogen and oxygen atoms in total. The fourth-order valence-corrected chi connectivity index (χ4v) is 5.07. The van der Waals surface area contributed by atoms with Gasteiger partial charge in [-0.15, -0.1) is 0 Å². The van der Waals surface area contributed by atoms with Crippen LogP contribution in [0.3, 0.4) is 0 Å². The van der Waals surface area contributed by atoms with Crippen LogP contribution in [0, 0.1) is 0 Å². The van der Waals surface area contributed by atoms with Gasteiger partial charge in [-0.05, 0) is 0 Å². The molecule has 0 aliphatic heterocycles. The van der Waals surface area contributed by atoms with E-state index in [1.54, 1.807) is 3.93 Å². The molecule has 0 aliphatic rings. The summed E-state index contributed by atoms with van der Waals surface area (Å²) in [6.07, 6.45) is 0. The molecule has 0 atom stereocenters. The quantitative estimate of drug-likeness (QED) is 0.677. The molecular formula is C5H12Hg. The molecule has 0 aromatic carbocycles. The molecule has 0 rings (SSSR count). The van der Waals surface area contributed by atoms with Crippen molar-refractivity contribution in [2.75, 3.05) is 0 Å². The van der Waals surface area contributed by atoms with E-state index < -0.39 is 0 Å². The average Bonchev–Trinajstić information content (AvgIpc) is 1.35. The molecule has 0 unspecified atom stereocenters. The summed E-state index contributed by atoms with van der Waals surface area (Å²) in [5, 5.41) is 0. The monoisotopic (exact) mass is 274 g/mol. The molecule has 0 N–H and O–H groups in total. The van der Waals surface area contributed by atoms with Gasteiger partial charge in [0.1, 0.15) is 0 Å². The Labute approximate surface area is 52.8 Å². The molecular weight excluding hydrogens is 261 g/mol. The second-order valence-corrected chi connectivity index (χ2v) is 14.7. The first-order valence-electron chi connectivity index (χ1n) is 2.77. The van der Waals surface area contributed by atoms with Gasteiger partial charge in [0.2, 0.25) is 0 Å². The fourth-order valence-electron chi connectivity index (χ4n) is 0.577. The van der Waals surface area contributed by atoms with Crippen LogP contribution in [0.15, 0.2) is 0 Å². The minimum atomic E-state index is -0.255. The molecule has 0 saturated carbocycles. The maximum absolute atomic E-state index is 2.35. The van der Waals surface area contributed by atoms with Crippen LogP contribution in [0.4, 0.5) is 0 Å². The Balaban J connectivity index is 2.63. The molecule has 0 amide bonds. The molecule has 1 heteroatoms. The zero-order valence-corrected chi connectivity index (χ0v) is 10.5. The van der Waals surface area contributed by atoms with Crippen molar-refractivity contribution in [1.82, 2.24) is 0 Å². The van der Waals surface area contributed by atoms with Crippen LogP contribution in [0.5, 0.6) is 0 Å². The van der Waals surface area contributed by atoms with Gasteiger partial charge < -0.3 is 0 Å². The summed E-state index contributed by atoms with van der Waals surface area (Å²) in [5.41, 5.74) is 0. The van der Waals surface area contributed by atoms with Crippen LogP contribution >= 0.6 is 0 Å². The zero-order valence-electron chi connectivity index (χ0n) is 4.99. The minimum absolute atomic E-state index is 0.255. The predicted molar refractivity (Wildman–Crippen MR) is 25.6 cm³/mol. The number of hydrogen-bond donors (Lipinski definition) is 0. The summed E-state index contributed by atoms with van der Waals surface area (Å²) >= 11 is -0.255. The van der Waals surface area contributed by atoms with Crippen LogP contribution in [0.1, 0.15) is 20.8 Å². The molecule has 0 heterocycles. The van der Waals surface area contributed by atoms with Crippen LogP contribution in [0.25, 0.3) is 0 Å². The van der Waals surface area contributed by atoms with Gasteiger partial charge in [-0.2, -0.15) is 0 Å². The van der Waals surface area contributed by atoms with E-state index in [4.69, 9.17) is 0 Å². The molecule has 6 heavy (non-hydrogen) atoms. The van der Waals surface area contributed by atoms with Gasteiger partial charge in [0.05, 0.1) is 0 Å². The topological polar surface area (TPSA) is 0 Å². The molecule has 0 radical (unpaired) electrons. The van der Waals surface area contributed by atoms with Gasteiger partial charge >= 0.3 is 52.7 Å². The summed E-state index contributed by atoms with van der Waals surface area (Å²) < 4.78 is 2.67. The molecule has 0 aromatic rings. The van der Waals surface area contributed by atoms with Gasteiger partial charge in [0, 0.05) is 0 Å². The Morgan fingerprint density at radius 1 is 1.50 bits per heavy atom. The van der Waals surface area contributed by atoms with Crippen molar-refractivity contribution in [3.8, 4) is 0 Å². The third kappa shape index (κ3) is 4.94. The first kappa shape index (κ1) is 6.94. The fraction of sp³-hybridized carbons (Fsp3) is 1.00. The Bertz CT molecular complexity index is 25.1. The van der Waals surface area contributed by atoms with Crippen molar-refractivity contribution in [2.24, 2.45) is 0 Å². The molecule has 0 saturated heterocycles. The summed E-state index contributed by atoms with van der Waals surface area (Å²) in [5.74, 6) is 0. The molecule has 0 spiro atoms. The van der Waals surface area contributed by atoms with Crippen LogP contribution in [-0.2, 0) is 24.6 Å². The van der Waals surface area contributed by atoms with Crippen molar-refractivity contribution in [3.05, 3.63) is 0 Å². The van der Waals surface area contributed by atoms with Gasteiger partial charge in [0.25, 0.3) is 0 Å². The van der Waals surface area contributed by atoms with Crippen LogP contribution in [0.2, 0.25) is 7.36 Å². The van der Waals surface area contributed by atoms with Gasteiger partial charge in [-0.3, -0.25) is 0 Å². The molecule has 34 valence electrons. The second kappa shape index (κ2) is 4.10. The van der Waals surface area contributed by atoms with Crippen molar-refractivity contribution in [1.29, 1.82) is 0 Å². The first-order chi connectivity index (χ1) is 2.77. The molecule has 0 aromatic heterocycles. The van der Waals surface area contributed by atoms with E-state index in [0.717, 1.165) is 3.43 Å². The molecule has 0 fully saturated rings. The van der Waals surface area contributed by atoms with Crippen molar-refractivity contribution < 1.29 is 24.6 Å². The SMILES string of the molecule is C[CH2][Hg][CH](C)C. The van der Waals surface area contributed by atoms with Crippen LogP contribution < -0.4 is 0 Å². The van der Waals surface area contributed by atoms with Crippen molar-refractivity contribution >= 4 is 0 Å². The summed E-state index contributed by atoms with van der Waals surface area (Å²) in [7, 11) is 0. The van der Waals surface area contributed by atoms with Crippen molar-refractivity contribution in [3.63, 3.8) is 0 Å². The first-order valence-corrected chi connectivity index (χ1v) is 9.83. The van der Waals surface area contributed by atoms with Gasteiger partial charge in [0.15, 0.2) is 0 Å². The Morgan fingerprint density at radius 3 is 2.00 bits per heavy atom. The van der Waals surface area contributed by atoms with E-state index in [9.17, 15) is 0 Å². The molecule has 0 aliphatic carbocycles. The third-order valence-corrected chi connectivity index (χ3v) is 7.60. The second-order valence-electron chi connectivity index (χ2n) is 2.18. The Morgan fingerprint density at radius 2 is 2.00 bits per heavy atom. The average molecular weight is 273 g/mol. The number of hydrogen-bond acceptors (Lipinski definition) is 0. The van der Waals surface area contributed by atoms with Gasteiger partial charge in [-0.1, -0.05) is 0 Å². The Kier molecular flexibility index (Phi) is 4.74. The molecule has 0 bridgehead atoms.